The van der Waals surface area contributed by atoms with Gasteiger partial charge in [0.05, 0.1) is 0 Å². The largest absolute Gasteiger partial charge is 0.355 e. The maximum atomic E-state index is 10.1. The summed E-state index contributed by atoms with van der Waals surface area (Å²) < 4.78 is 4.60. The second-order valence-electron chi connectivity index (χ2n) is 4.25. The zero-order valence-corrected chi connectivity index (χ0v) is 9.15. The first-order valence-corrected chi connectivity index (χ1v) is 5.22. The van der Waals surface area contributed by atoms with Gasteiger partial charge in [-0.3, -0.25) is 4.79 Å². The van der Waals surface area contributed by atoms with E-state index in [2.05, 4.69) is 30.5 Å². The minimum Gasteiger partial charge on any atom is -0.355 e. The van der Waals surface area contributed by atoms with Gasteiger partial charge in [0.15, 0.2) is 0 Å². The van der Waals surface area contributed by atoms with Crippen LogP contribution in [-0.4, -0.2) is 22.9 Å². The fourth-order valence-electron chi connectivity index (χ4n) is 0.999. The molecule has 0 bridgehead atoms. The molecule has 0 aromatic rings. The molecule has 0 saturated heterocycles. The van der Waals surface area contributed by atoms with E-state index in [9.17, 15) is 4.79 Å². The summed E-state index contributed by atoms with van der Waals surface area (Å²) >= 11 is 1.61. The summed E-state index contributed by atoms with van der Waals surface area (Å²) in [5.74, 6) is 0. The quantitative estimate of drug-likeness (QED) is 0.557. The van der Waals surface area contributed by atoms with Gasteiger partial charge in [-0.15, -0.1) is 0 Å². The summed E-state index contributed by atoms with van der Waals surface area (Å²) in [5, 5.41) is 2.74. The molecule has 0 atom stereocenters. The van der Waals surface area contributed by atoms with Crippen LogP contribution in [0.3, 0.4) is 0 Å². The standard InChI is InChI=1S/C9H16N2OS/c1-9(2,3)13-11-8-4-7(5-8)10-6-12/h6-7H,4-5H2,1-3H3,(H,10,12). The van der Waals surface area contributed by atoms with E-state index in [1.54, 1.807) is 11.9 Å². The molecule has 3 nitrogen and oxygen atoms in total. The average molecular weight is 200 g/mol. The van der Waals surface area contributed by atoms with Crippen molar-refractivity contribution in [2.24, 2.45) is 4.40 Å². The van der Waals surface area contributed by atoms with Crippen molar-refractivity contribution < 1.29 is 4.79 Å². The van der Waals surface area contributed by atoms with Crippen molar-refractivity contribution in [1.82, 2.24) is 5.32 Å². The summed E-state index contributed by atoms with van der Waals surface area (Å²) in [6.45, 7) is 6.42. The van der Waals surface area contributed by atoms with Gasteiger partial charge in [-0.25, -0.2) is 4.40 Å². The average Bonchev–Trinajstić information content (AvgIpc) is 1.91. The molecule has 1 rings (SSSR count). The first-order valence-electron chi connectivity index (χ1n) is 4.45. The van der Waals surface area contributed by atoms with Crippen LogP contribution in [0.15, 0.2) is 4.40 Å². The van der Waals surface area contributed by atoms with E-state index in [1.807, 2.05) is 0 Å². The van der Waals surface area contributed by atoms with E-state index in [4.69, 9.17) is 0 Å². The number of nitrogens with zero attached hydrogens (tertiary/aromatic N) is 1. The van der Waals surface area contributed by atoms with Crippen molar-refractivity contribution >= 4 is 24.1 Å². The molecule has 0 unspecified atom stereocenters. The monoisotopic (exact) mass is 200 g/mol. The van der Waals surface area contributed by atoms with E-state index in [-0.39, 0.29) is 4.75 Å². The smallest absolute Gasteiger partial charge is 0.207 e. The van der Waals surface area contributed by atoms with E-state index < -0.39 is 0 Å². The van der Waals surface area contributed by atoms with Crippen molar-refractivity contribution in [3.05, 3.63) is 0 Å². The highest BCUT2D eigenvalue weighted by molar-refractivity contribution is 7.99. The summed E-state index contributed by atoms with van der Waals surface area (Å²) in [5.41, 5.74) is 1.21. The summed E-state index contributed by atoms with van der Waals surface area (Å²) in [4.78, 5) is 10.1. The Morgan fingerprint density at radius 2 is 2.15 bits per heavy atom. The highest BCUT2D eigenvalue weighted by atomic mass is 32.2. The highest BCUT2D eigenvalue weighted by Crippen LogP contribution is 2.27. The Hall–Kier alpha value is -0.510. The van der Waals surface area contributed by atoms with Gasteiger partial charge < -0.3 is 5.32 Å². The lowest BCUT2D eigenvalue weighted by Crippen LogP contribution is -2.40. The Labute approximate surface area is 83.5 Å². The normalized spacial score (nSPS) is 22.1. The lowest BCUT2D eigenvalue weighted by Gasteiger charge is -2.27. The van der Waals surface area contributed by atoms with Crippen molar-refractivity contribution in [2.75, 3.05) is 0 Å². The molecule has 0 heterocycles. The van der Waals surface area contributed by atoms with Crippen LogP contribution in [0.25, 0.3) is 0 Å². The fraction of sp³-hybridized carbons (Fsp3) is 0.778. The molecule has 0 aromatic heterocycles. The van der Waals surface area contributed by atoms with Crippen LogP contribution in [0.1, 0.15) is 33.6 Å². The van der Waals surface area contributed by atoms with Gasteiger partial charge in [-0.05, 0) is 32.7 Å². The van der Waals surface area contributed by atoms with Gasteiger partial charge in [0.1, 0.15) is 0 Å². The minimum absolute atomic E-state index is 0.191. The summed E-state index contributed by atoms with van der Waals surface area (Å²) in [6.07, 6.45) is 2.60. The Balaban J connectivity index is 2.23. The molecule has 1 aliphatic rings. The molecule has 74 valence electrons. The van der Waals surface area contributed by atoms with Crippen LogP contribution >= 0.6 is 11.9 Å². The van der Waals surface area contributed by atoms with Gasteiger partial charge in [-0.1, -0.05) is 0 Å². The van der Waals surface area contributed by atoms with Crippen LogP contribution in [0.4, 0.5) is 0 Å². The maximum Gasteiger partial charge on any atom is 0.207 e. The molecule has 0 aliphatic heterocycles. The van der Waals surface area contributed by atoms with Crippen LogP contribution < -0.4 is 5.32 Å². The van der Waals surface area contributed by atoms with Gasteiger partial charge >= 0.3 is 0 Å². The number of carbonyl (C=O) groups is 1. The van der Waals surface area contributed by atoms with E-state index in [0.717, 1.165) is 19.3 Å². The Morgan fingerprint density at radius 1 is 1.54 bits per heavy atom. The van der Waals surface area contributed by atoms with Crippen LogP contribution in [0, 0.1) is 0 Å². The number of carbonyl (C=O) groups excluding carboxylic acids is 1. The van der Waals surface area contributed by atoms with Gasteiger partial charge in [-0.2, -0.15) is 0 Å². The lowest BCUT2D eigenvalue weighted by atomic mass is 9.91. The first-order chi connectivity index (χ1) is 6.01. The van der Waals surface area contributed by atoms with Gasteiger partial charge in [0.25, 0.3) is 0 Å². The molecule has 13 heavy (non-hydrogen) atoms. The molecule has 1 saturated carbocycles. The predicted molar refractivity (Wildman–Crippen MR) is 57.0 cm³/mol. The summed E-state index contributed by atoms with van der Waals surface area (Å²) in [6, 6.07) is 0.330. The van der Waals surface area contributed by atoms with Crippen molar-refractivity contribution in [2.45, 2.75) is 44.4 Å². The topological polar surface area (TPSA) is 41.5 Å². The number of nitrogens with one attached hydrogen (secondary N) is 1. The number of hydrogen-bond donors (Lipinski definition) is 1. The molecule has 0 spiro atoms. The van der Waals surface area contributed by atoms with E-state index in [0.29, 0.717) is 6.04 Å². The second kappa shape index (κ2) is 4.13. The third-order valence-corrected chi connectivity index (χ3v) is 2.61. The van der Waals surface area contributed by atoms with Crippen molar-refractivity contribution in [3.8, 4) is 0 Å². The first kappa shape index (κ1) is 10.6. The molecular weight excluding hydrogens is 184 g/mol. The maximum absolute atomic E-state index is 10.1. The summed E-state index contributed by atoms with van der Waals surface area (Å²) in [7, 11) is 0. The van der Waals surface area contributed by atoms with Gasteiger partial charge in [0.2, 0.25) is 6.41 Å². The Bertz CT molecular complexity index is 212. The molecular formula is C9H16N2OS. The molecule has 0 aromatic carbocycles. The Morgan fingerprint density at radius 3 is 2.62 bits per heavy atom. The number of amides is 1. The van der Waals surface area contributed by atoms with E-state index >= 15 is 0 Å². The van der Waals surface area contributed by atoms with Crippen molar-refractivity contribution in [3.63, 3.8) is 0 Å². The zero-order valence-electron chi connectivity index (χ0n) is 8.33. The molecule has 0 radical (unpaired) electrons. The van der Waals surface area contributed by atoms with Crippen molar-refractivity contribution in [1.29, 1.82) is 0 Å². The third kappa shape index (κ3) is 3.81. The van der Waals surface area contributed by atoms with Gasteiger partial charge in [0, 0.05) is 29.3 Å². The van der Waals surface area contributed by atoms with Crippen LogP contribution in [0.2, 0.25) is 0 Å². The molecule has 1 fully saturated rings. The Kier molecular flexibility index (Phi) is 3.36. The fourth-order valence-corrected chi connectivity index (χ4v) is 1.55. The van der Waals surface area contributed by atoms with E-state index in [1.165, 1.54) is 5.71 Å². The number of hydrogen-bond acceptors (Lipinski definition) is 3. The molecule has 4 heteroatoms. The van der Waals surface area contributed by atoms with Crippen LogP contribution in [-0.2, 0) is 4.79 Å². The SMILES string of the molecule is CC(C)(C)SN=C1CC(NC=O)C1. The molecule has 1 amide bonds. The number of rotatable bonds is 3. The minimum atomic E-state index is 0.191. The molecule has 1 N–H and O–H groups in total. The second-order valence-corrected chi connectivity index (χ2v) is 5.84. The zero-order chi connectivity index (χ0) is 9.90. The predicted octanol–water partition coefficient (Wildman–Crippen LogP) is 1.78. The third-order valence-electron chi connectivity index (χ3n) is 1.72. The molecule has 1 aliphatic carbocycles. The lowest BCUT2D eigenvalue weighted by molar-refractivity contribution is -0.110. The van der Waals surface area contributed by atoms with Crippen LogP contribution in [0.5, 0.6) is 0 Å². The highest BCUT2D eigenvalue weighted by Gasteiger charge is 2.24.